The molecular formula is C18H18N3Zr. The van der Waals surface area contributed by atoms with Crippen molar-refractivity contribution < 1.29 is 26.2 Å². The Morgan fingerprint density at radius 2 is 0.818 bits per heavy atom. The summed E-state index contributed by atoms with van der Waals surface area (Å²) in [4.78, 5) is 0. The van der Waals surface area contributed by atoms with Crippen LogP contribution in [-0.2, 0) is 26.2 Å². The first kappa shape index (κ1) is 19.9. The molecule has 0 aliphatic heterocycles. The van der Waals surface area contributed by atoms with Crippen LogP contribution in [0.25, 0.3) is 0 Å². The zero-order valence-corrected chi connectivity index (χ0v) is 14.6. The zero-order valence-electron chi connectivity index (χ0n) is 12.2. The van der Waals surface area contributed by atoms with Crippen LogP contribution in [0.1, 0.15) is 0 Å². The minimum Gasteiger partial charge on any atom is -0.449 e. The summed E-state index contributed by atoms with van der Waals surface area (Å²) in [6, 6.07) is 30.2. The van der Waals surface area contributed by atoms with Crippen molar-refractivity contribution >= 4 is 17.1 Å². The predicted molar refractivity (Wildman–Crippen MR) is 89.1 cm³/mol. The molecule has 0 saturated heterocycles. The summed E-state index contributed by atoms with van der Waals surface area (Å²) >= 11 is 0. The Balaban J connectivity index is 0.000000294. The maximum Gasteiger partial charge on any atom is 3.00 e. The Labute approximate surface area is 151 Å². The van der Waals surface area contributed by atoms with Crippen molar-refractivity contribution in [3.05, 3.63) is 91.0 Å². The van der Waals surface area contributed by atoms with Crippen molar-refractivity contribution in [2.45, 2.75) is 0 Å². The van der Waals surface area contributed by atoms with Gasteiger partial charge in [0.1, 0.15) is 0 Å². The van der Waals surface area contributed by atoms with Crippen LogP contribution in [0.15, 0.2) is 72.8 Å². The van der Waals surface area contributed by atoms with Crippen LogP contribution in [0.5, 0.6) is 0 Å². The average Bonchev–Trinajstić information content (AvgIpc) is 2.51. The number of anilines is 3. The van der Waals surface area contributed by atoms with Crippen LogP contribution >= 0.6 is 0 Å². The molecule has 3 nitrogen and oxygen atoms in total. The Hall–Kier alpha value is -2.06. The molecule has 0 unspecified atom stereocenters. The van der Waals surface area contributed by atoms with Crippen molar-refractivity contribution in [3.8, 4) is 0 Å². The molecule has 0 atom stereocenters. The number of nitrogens with two attached hydrogens (primary N) is 3. The van der Waals surface area contributed by atoms with Crippen LogP contribution in [0.3, 0.4) is 0 Å². The van der Waals surface area contributed by atoms with Gasteiger partial charge in [-0.15, -0.1) is 0 Å². The van der Waals surface area contributed by atoms with Crippen LogP contribution < -0.4 is 17.2 Å². The van der Waals surface area contributed by atoms with E-state index >= 15 is 0 Å². The van der Waals surface area contributed by atoms with Gasteiger partial charge in [0.2, 0.25) is 0 Å². The van der Waals surface area contributed by atoms with Gasteiger partial charge in [-0.05, 0) is 0 Å². The van der Waals surface area contributed by atoms with E-state index in [0.717, 1.165) is 17.1 Å². The van der Waals surface area contributed by atoms with E-state index < -0.39 is 0 Å². The first-order valence-electron chi connectivity index (χ1n) is 6.33. The molecule has 6 N–H and O–H groups in total. The van der Waals surface area contributed by atoms with E-state index in [-0.39, 0.29) is 26.2 Å². The summed E-state index contributed by atoms with van der Waals surface area (Å²) in [5.41, 5.74) is 18.3. The fourth-order valence-electron chi connectivity index (χ4n) is 1.22. The van der Waals surface area contributed by atoms with Gasteiger partial charge in [0.25, 0.3) is 0 Å². The molecule has 4 heteroatoms. The standard InChI is InChI=1S/3C6H6N.Zr/c3*7-6-4-2-1-3-5-6;/h3*1-2,4-5H,7H2;/q3*-1;+3. The number of hydrogen-bond donors (Lipinski definition) is 3. The topological polar surface area (TPSA) is 78.1 Å². The molecule has 3 rings (SSSR count). The van der Waals surface area contributed by atoms with Gasteiger partial charge in [0.05, 0.1) is 0 Å². The molecule has 0 aliphatic rings. The van der Waals surface area contributed by atoms with Crippen molar-refractivity contribution in [3.63, 3.8) is 0 Å². The molecule has 3 aromatic carbocycles. The number of rotatable bonds is 0. The first-order chi connectivity index (χ1) is 10.2. The van der Waals surface area contributed by atoms with E-state index in [1.54, 1.807) is 18.2 Å². The summed E-state index contributed by atoms with van der Waals surface area (Å²) in [5.74, 6) is 0. The Kier molecular flexibility index (Phi) is 11.5. The van der Waals surface area contributed by atoms with E-state index in [4.69, 9.17) is 17.2 Å². The zero-order chi connectivity index (χ0) is 15.3. The molecule has 0 heterocycles. The van der Waals surface area contributed by atoms with E-state index in [2.05, 4.69) is 18.2 Å². The van der Waals surface area contributed by atoms with Crippen molar-refractivity contribution in [2.24, 2.45) is 0 Å². The third kappa shape index (κ3) is 10.7. The molecule has 0 fully saturated rings. The number of benzene rings is 3. The maximum atomic E-state index is 5.33. The second kappa shape index (κ2) is 12.7. The summed E-state index contributed by atoms with van der Waals surface area (Å²) in [6.07, 6.45) is 0. The SMILES string of the molecule is Nc1c[c-]ccc1.Nc1c[c-]ccc1.Nc1c[c-]ccc1.[Zr+3]. The molecule has 22 heavy (non-hydrogen) atoms. The minimum absolute atomic E-state index is 0. The van der Waals surface area contributed by atoms with Crippen LogP contribution in [0, 0.1) is 18.2 Å². The van der Waals surface area contributed by atoms with Crippen molar-refractivity contribution in [1.29, 1.82) is 0 Å². The van der Waals surface area contributed by atoms with Gasteiger partial charge in [0, 0.05) is 0 Å². The van der Waals surface area contributed by atoms with E-state index in [1.807, 2.05) is 54.6 Å². The van der Waals surface area contributed by atoms with Crippen LogP contribution in [-0.4, -0.2) is 0 Å². The van der Waals surface area contributed by atoms with Crippen molar-refractivity contribution in [1.82, 2.24) is 0 Å². The van der Waals surface area contributed by atoms with Gasteiger partial charge in [-0.2, -0.15) is 91.0 Å². The Morgan fingerprint density at radius 3 is 0.909 bits per heavy atom. The Bertz CT molecular complexity index is 497. The third-order valence-electron chi connectivity index (χ3n) is 2.19. The largest absolute Gasteiger partial charge is 3.00 e. The van der Waals surface area contributed by atoms with Gasteiger partial charge in [-0.25, -0.2) is 0 Å². The Morgan fingerprint density at radius 1 is 0.545 bits per heavy atom. The van der Waals surface area contributed by atoms with Crippen LogP contribution in [0.2, 0.25) is 0 Å². The normalized spacial score (nSPS) is 8.18. The van der Waals surface area contributed by atoms with Gasteiger partial charge >= 0.3 is 26.2 Å². The number of hydrogen-bond acceptors (Lipinski definition) is 3. The fourth-order valence-corrected chi connectivity index (χ4v) is 1.22. The van der Waals surface area contributed by atoms with Gasteiger partial charge in [-0.3, -0.25) is 0 Å². The van der Waals surface area contributed by atoms with Gasteiger partial charge in [-0.1, -0.05) is 17.1 Å². The fraction of sp³-hybridized carbons (Fsp3) is 0. The molecule has 0 bridgehead atoms. The summed E-state index contributed by atoms with van der Waals surface area (Å²) in [5, 5.41) is 0. The predicted octanol–water partition coefficient (Wildman–Crippen LogP) is 3.20. The molecular weight excluding hydrogens is 349 g/mol. The molecule has 0 spiro atoms. The summed E-state index contributed by atoms with van der Waals surface area (Å²) < 4.78 is 0. The first-order valence-corrected chi connectivity index (χ1v) is 6.33. The molecule has 0 amide bonds. The minimum atomic E-state index is 0. The van der Waals surface area contributed by atoms with Gasteiger partial charge in [0.15, 0.2) is 0 Å². The van der Waals surface area contributed by atoms with Crippen LogP contribution in [0.4, 0.5) is 17.1 Å². The molecule has 1 radical (unpaired) electrons. The van der Waals surface area contributed by atoms with Crippen molar-refractivity contribution in [2.75, 3.05) is 17.2 Å². The second-order valence-corrected chi connectivity index (χ2v) is 4.01. The molecule has 0 aliphatic carbocycles. The molecule has 109 valence electrons. The number of nitrogen functional groups attached to an aromatic ring is 3. The van der Waals surface area contributed by atoms with Gasteiger partial charge < -0.3 is 17.2 Å². The quantitative estimate of drug-likeness (QED) is 0.422. The summed E-state index contributed by atoms with van der Waals surface area (Å²) in [7, 11) is 0. The molecule has 3 aromatic rings. The second-order valence-electron chi connectivity index (χ2n) is 4.01. The van der Waals surface area contributed by atoms with E-state index in [0.29, 0.717) is 0 Å². The van der Waals surface area contributed by atoms with E-state index in [1.165, 1.54) is 0 Å². The molecule has 0 saturated carbocycles. The molecule has 0 aromatic heterocycles. The van der Waals surface area contributed by atoms with E-state index in [9.17, 15) is 0 Å². The monoisotopic (exact) mass is 366 g/mol. The average molecular weight is 368 g/mol. The summed E-state index contributed by atoms with van der Waals surface area (Å²) in [6.45, 7) is 0. The maximum absolute atomic E-state index is 5.33. The third-order valence-corrected chi connectivity index (χ3v) is 2.19. The smallest absolute Gasteiger partial charge is 0.449 e.